The van der Waals surface area contributed by atoms with Gasteiger partial charge >= 0.3 is 11.9 Å². The molecule has 0 amide bonds. The van der Waals surface area contributed by atoms with Crippen LogP contribution in [0.2, 0.25) is 0 Å². The van der Waals surface area contributed by atoms with Crippen molar-refractivity contribution in [2.75, 3.05) is 5.73 Å². The number of phenols is 2. The van der Waals surface area contributed by atoms with E-state index < -0.39 is 210 Å². The van der Waals surface area contributed by atoms with E-state index in [1.807, 2.05) is 0 Å². The summed E-state index contributed by atoms with van der Waals surface area (Å²) in [6.07, 6.45) is 0. The highest BCUT2D eigenvalue weighted by atomic mass is 32.2. The van der Waals surface area contributed by atoms with Crippen molar-refractivity contribution in [2.24, 2.45) is 40.9 Å². The molecule has 43 heteroatoms. The number of anilines is 1. The van der Waals surface area contributed by atoms with E-state index in [9.17, 15) is 115 Å². The number of hydrogen-bond donors (Lipinski definition) is 11. The lowest BCUT2D eigenvalue weighted by Gasteiger charge is -2.13. The Bertz CT molecular complexity index is 5080. The molecule has 0 bridgehead atoms. The molecule has 7 aromatic carbocycles. The van der Waals surface area contributed by atoms with Crippen molar-refractivity contribution in [3.05, 3.63) is 112 Å². The maximum absolute atomic E-state index is 13.1. The van der Waals surface area contributed by atoms with Crippen molar-refractivity contribution < 1.29 is 114 Å². The van der Waals surface area contributed by atoms with Crippen LogP contribution in [0, 0.1) is 10.1 Å². The van der Waals surface area contributed by atoms with E-state index in [0.717, 1.165) is 60.7 Å². The number of hydrogen-bond acceptors (Lipinski definition) is 29. The molecule has 38 nitrogen and oxygen atoms in total. The molecule has 12 N–H and O–H groups in total. The molecule has 87 heavy (non-hydrogen) atoms. The molecule has 1 heterocycles. The number of nitrogen functional groups attached to an aromatic ring is 1. The van der Waals surface area contributed by atoms with Gasteiger partial charge in [0, 0.05) is 28.3 Å². The normalized spacial score (nSPS) is 12.7. The molecule has 8 rings (SSSR count). The molecule has 0 spiro atoms. The minimum absolute atomic E-state index is 0.222. The molecule has 450 valence electrons. The van der Waals surface area contributed by atoms with E-state index >= 15 is 0 Å². The molecule has 0 saturated carbocycles. The summed E-state index contributed by atoms with van der Waals surface area (Å²) in [6, 6.07) is 10.6. The molecule has 0 saturated heterocycles. The van der Waals surface area contributed by atoms with E-state index in [-0.39, 0.29) is 6.47 Å². The number of carboxylic acid groups (broad SMARTS) is 2. The third-order valence-electron chi connectivity index (χ3n) is 11.5. The maximum atomic E-state index is 13.1. The highest BCUT2D eigenvalue weighted by Crippen LogP contribution is 2.49. The van der Waals surface area contributed by atoms with Crippen molar-refractivity contribution in [2.45, 2.75) is 24.5 Å². The van der Waals surface area contributed by atoms with Gasteiger partial charge in [-0.1, -0.05) is 6.07 Å². The zero-order valence-corrected chi connectivity index (χ0v) is 45.9. The lowest BCUT2D eigenvalue weighted by atomic mass is 10.1. The van der Waals surface area contributed by atoms with Gasteiger partial charge in [0.25, 0.3) is 68.6 Å². The number of benzene rings is 7. The number of ether oxygens (including phenoxy) is 1. The van der Waals surface area contributed by atoms with Gasteiger partial charge in [-0.15, -0.1) is 40.9 Å². The van der Waals surface area contributed by atoms with Gasteiger partial charge in [0.05, 0.1) is 38.5 Å². The number of carbonyl (C=O) groups excluding carboxylic acids is 1. The molecule has 0 fully saturated rings. The number of non-ortho nitro benzene ring substituents is 1. The van der Waals surface area contributed by atoms with E-state index in [1.54, 1.807) is 0 Å². The standard InChI is InChI=1S/C44H28N12O26S5/c45-35-29(15-30(83(67,68)69)23-4-7-27(39(59)34(23)35)49-47-26-6-2-20(56(65)66)13-32(26)85(73,74)75)51-50-28-8-3-22-24(40(28)87(79,80)81)14-33(86(76,77)78)36(38(22)58)52-46-19-1-5-25(31(12-19)84(70,71)72)48-53-37-41(82-16-57)54-55(42(37)60)21-10-17(43(61)62)9-18(11-21)44(63)64/h1-16,58-60H,45H2,(H,61,62)(H,63,64)(H,67,68,69)(H,70,71,72)(H,73,74,75)(H,76,77,78)(H,79,80,81). The van der Waals surface area contributed by atoms with Crippen LogP contribution in [0.4, 0.5) is 56.9 Å². The fourth-order valence-electron chi connectivity index (χ4n) is 7.81. The Balaban J connectivity index is 1.20. The molecule has 0 aliphatic carbocycles. The second-order valence-corrected chi connectivity index (χ2v) is 23.9. The van der Waals surface area contributed by atoms with Gasteiger partial charge < -0.3 is 36.0 Å². The van der Waals surface area contributed by atoms with Crippen molar-refractivity contribution in [1.82, 2.24) is 9.78 Å². The van der Waals surface area contributed by atoms with Crippen LogP contribution in [0.3, 0.4) is 0 Å². The van der Waals surface area contributed by atoms with Crippen LogP contribution in [0.15, 0.2) is 156 Å². The monoisotopic (exact) mass is 1300 g/mol. The molecule has 0 aliphatic rings. The average Bonchev–Trinajstić information content (AvgIpc) is 1.38. The van der Waals surface area contributed by atoms with E-state index in [1.165, 1.54) is 0 Å². The Labute approximate surface area is 481 Å². The first-order valence-corrected chi connectivity index (χ1v) is 29.5. The zero-order valence-electron chi connectivity index (χ0n) is 41.8. The number of nitrogens with zero attached hydrogens (tertiary/aromatic N) is 11. The molecule has 8 aromatic rings. The Kier molecular flexibility index (Phi) is 16.2. The highest BCUT2D eigenvalue weighted by Gasteiger charge is 2.30. The third-order valence-corrected chi connectivity index (χ3v) is 16.0. The number of nitro benzene ring substituents is 1. The largest absolute Gasteiger partial charge is 0.505 e. The van der Waals surface area contributed by atoms with Crippen molar-refractivity contribution in [3.63, 3.8) is 0 Å². The molecular formula is C44H28N12O26S5. The maximum Gasteiger partial charge on any atom is 0.335 e. The number of nitrogens with two attached hydrogens (primary N) is 1. The smallest absolute Gasteiger partial charge is 0.335 e. The van der Waals surface area contributed by atoms with Gasteiger partial charge in [0.1, 0.15) is 58.6 Å². The first kappa shape index (κ1) is 62.3. The highest BCUT2D eigenvalue weighted by molar-refractivity contribution is 7.87. The number of aromatic nitrogens is 2. The topological polar surface area (TPSA) is 619 Å². The van der Waals surface area contributed by atoms with Crippen LogP contribution in [0.1, 0.15) is 20.7 Å². The predicted octanol–water partition coefficient (Wildman–Crippen LogP) is 7.61. The van der Waals surface area contributed by atoms with Crippen LogP contribution in [-0.2, 0) is 55.4 Å². The molecule has 0 aliphatic heterocycles. The number of azo groups is 4. The summed E-state index contributed by atoms with van der Waals surface area (Å²) in [4.78, 5) is 38.7. The summed E-state index contributed by atoms with van der Waals surface area (Å²) in [5, 5.41) is 93.8. The van der Waals surface area contributed by atoms with Gasteiger partial charge in [0.15, 0.2) is 11.5 Å². The first-order chi connectivity index (χ1) is 40.4. The van der Waals surface area contributed by atoms with E-state index in [4.69, 9.17) is 10.5 Å². The lowest BCUT2D eigenvalue weighted by Crippen LogP contribution is -2.06. The second kappa shape index (κ2) is 22.7. The number of fused-ring (bicyclic) bond motifs is 2. The predicted molar refractivity (Wildman–Crippen MR) is 287 cm³/mol. The van der Waals surface area contributed by atoms with Crippen LogP contribution in [0.5, 0.6) is 23.3 Å². The van der Waals surface area contributed by atoms with E-state index in [0.29, 0.717) is 35.0 Å². The van der Waals surface area contributed by atoms with Crippen LogP contribution in [0.25, 0.3) is 27.2 Å². The number of aromatic hydroxyl groups is 3. The van der Waals surface area contributed by atoms with Gasteiger partial charge in [-0.25, -0.2) is 9.59 Å². The van der Waals surface area contributed by atoms with E-state index in [2.05, 4.69) is 46.0 Å². The summed E-state index contributed by atoms with van der Waals surface area (Å²) in [7, 11) is -27.4. The minimum atomic E-state index is -5.71. The van der Waals surface area contributed by atoms with Crippen LogP contribution >= 0.6 is 0 Å². The van der Waals surface area contributed by atoms with Gasteiger partial charge in [-0.2, -0.15) is 51.9 Å². The summed E-state index contributed by atoms with van der Waals surface area (Å²) in [5.74, 6) is -7.64. The quantitative estimate of drug-likeness (QED) is 0.00926. The van der Waals surface area contributed by atoms with Gasteiger partial charge in [-0.05, 0) is 72.8 Å². The second-order valence-electron chi connectivity index (χ2n) is 17.0. The van der Waals surface area contributed by atoms with Crippen LogP contribution < -0.4 is 10.5 Å². The Morgan fingerprint density at radius 1 is 0.540 bits per heavy atom. The Morgan fingerprint density at radius 2 is 1.05 bits per heavy atom. The fraction of sp³-hybridized carbons (Fsp3) is 0. The summed E-state index contributed by atoms with van der Waals surface area (Å²) < 4.78 is 183. The molecule has 1 aromatic heterocycles. The van der Waals surface area contributed by atoms with Gasteiger partial charge in [-0.3, -0.25) is 37.7 Å². The zero-order chi connectivity index (χ0) is 64.2. The number of carbonyl (C=O) groups is 3. The summed E-state index contributed by atoms with van der Waals surface area (Å²) >= 11 is 0. The number of phenolic OH excluding ortho intramolecular Hbond substituents is 2. The molecular weight excluding hydrogens is 1270 g/mol. The Hall–Kier alpha value is -10.8. The number of rotatable bonds is 19. The molecule has 0 atom stereocenters. The number of aromatic carboxylic acids is 2. The molecule has 0 unspecified atom stereocenters. The fourth-order valence-corrected chi connectivity index (χ4v) is 11.3. The van der Waals surface area contributed by atoms with Crippen molar-refractivity contribution in [1.29, 1.82) is 0 Å². The third kappa shape index (κ3) is 12.7. The summed E-state index contributed by atoms with van der Waals surface area (Å²) in [6.45, 7) is -0.222. The average molecular weight is 1300 g/mol. The van der Waals surface area contributed by atoms with Crippen molar-refractivity contribution in [3.8, 4) is 28.9 Å². The lowest BCUT2D eigenvalue weighted by molar-refractivity contribution is -0.385. The van der Waals surface area contributed by atoms with Gasteiger partial charge in [0.2, 0.25) is 11.6 Å². The number of carboxylic acids is 2. The van der Waals surface area contributed by atoms with Crippen LogP contribution in [-0.4, -0.2) is 123 Å². The van der Waals surface area contributed by atoms with Crippen molar-refractivity contribution >= 4 is 147 Å². The summed E-state index contributed by atoms with van der Waals surface area (Å²) in [5.41, 5.74) is -3.68. The Morgan fingerprint density at radius 3 is 1.61 bits per heavy atom. The first-order valence-electron chi connectivity index (χ1n) is 22.3. The molecule has 0 radical (unpaired) electrons. The minimum Gasteiger partial charge on any atom is -0.505 e. The SMILES string of the molecule is Nc1c(N=Nc2ccc3c(O)c(N=Nc4ccc(N=Nc5c(OC=O)nn(-c6cc(C(=O)O)cc(C(=O)O)c6)c5O)c(S(=O)(=O)O)c4)c(S(=O)(=O)O)cc3c2S(=O)(=O)O)cc(S(=O)(=O)O)c2ccc(N=Nc3ccc([N+](=O)[O-])cc3S(=O)(=O)O)c(O)c12. The number of nitro groups is 1.